The maximum absolute atomic E-state index is 12.2. The minimum absolute atomic E-state index is 0.000369. The number of nitrogens with one attached hydrogen (secondary N) is 1. The molecule has 2 aromatic rings. The number of rotatable bonds is 4. The van der Waals surface area contributed by atoms with Gasteiger partial charge < -0.3 is 5.11 Å². The molecule has 1 aromatic carbocycles. The smallest absolute Gasteiger partial charge is 0.345 e. The van der Waals surface area contributed by atoms with E-state index in [1.807, 2.05) is 12.1 Å². The lowest BCUT2D eigenvalue weighted by molar-refractivity contribution is 0.0702. The van der Waals surface area contributed by atoms with E-state index in [0.29, 0.717) is 5.69 Å². The van der Waals surface area contributed by atoms with E-state index in [1.165, 1.54) is 23.3 Å². The highest BCUT2D eigenvalue weighted by Gasteiger charge is 2.20. The van der Waals surface area contributed by atoms with Gasteiger partial charge in [0.15, 0.2) is 0 Å². The summed E-state index contributed by atoms with van der Waals surface area (Å²) in [6.45, 7) is 0. The number of benzene rings is 1. The Labute approximate surface area is 126 Å². The molecular formula is C14H13NO4S2. The molecule has 2 N–H and O–H groups in total. The number of carboxylic acid groups (broad SMARTS) is 1. The second kappa shape index (κ2) is 5.16. The zero-order chi connectivity index (χ0) is 15.0. The summed E-state index contributed by atoms with van der Waals surface area (Å²) < 4.78 is 27.0. The fraction of sp³-hybridized carbons (Fsp3) is 0.214. The highest BCUT2D eigenvalue weighted by atomic mass is 32.2. The number of sulfonamides is 1. The highest BCUT2D eigenvalue weighted by molar-refractivity contribution is 7.94. The van der Waals surface area contributed by atoms with E-state index in [4.69, 9.17) is 5.11 Å². The van der Waals surface area contributed by atoms with Gasteiger partial charge in [-0.15, -0.1) is 11.3 Å². The topological polar surface area (TPSA) is 83.5 Å². The Bertz CT molecular complexity index is 808. The van der Waals surface area contributed by atoms with Crippen LogP contribution in [0.4, 0.5) is 5.69 Å². The maximum Gasteiger partial charge on any atom is 0.345 e. The number of aryl methyl sites for hydroxylation is 2. The Hall–Kier alpha value is -1.86. The van der Waals surface area contributed by atoms with Crippen LogP contribution in [0.3, 0.4) is 0 Å². The molecule has 0 amide bonds. The summed E-state index contributed by atoms with van der Waals surface area (Å²) in [6.07, 6.45) is 3.10. The van der Waals surface area contributed by atoms with E-state index >= 15 is 0 Å². The van der Waals surface area contributed by atoms with Crippen molar-refractivity contribution in [2.24, 2.45) is 0 Å². The average Bonchev–Trinajstić information content (AvgIpc) is 3.07. The lowest BCUT2D eigenvalue weighted by atomic mass is 10.1. The average molecular weight is 323 g/mol. The second-order valence-electron chi connectivity index (χ2n) is 4.87. The standard InChI is InChI=1S/C14H13NO4S2/c16-14(17)12-6-7-13(20-12)21(18,19)15-11-5-4-9-2-1-3-10(9)8-11/h4-8,15H,1-3H2,(H,16,17). The van der Waals surface area contributed by atoms with Crippen LogP contribution < -0.4 is 4.72 Å². The molecule has 5 nitrogen and oxygen atoms in total. The quantitative estimate of drug-likeness (QED) is 0.906. The van der Waals surface area contributed by atoms with Crippen LogP contribution in [0.1, 0.15) is 27.2 Å². The van der Waals surface area contributed by atoms with E-state index in [9.17, 15) is 13.2 Å². The molecule has 3 rings (SSSR count). The van der Waals surface area contributed by atoms with E-state index < -0.39 is 16.0 Å². The second-order valence-corrected chi connectivity index (χ2v) is 7.86. The summed E-state index contributed by atoms with van der Waals surface area (Å²) in [4.78, 5) is 10.8. The Morgan fingerprint density at radius 3 is 2.62 bits per heavy atom. The first kappa shape index (κ1) is 14.1. The third-order valence-electron chi connectivity index (χ3n) is 3.41. The first-order valence-electron chi connectivity index (χ1n) is 6.43. The molecule has 0 atom stereocenters. The predicted octanol–water partition coefficient (Wildman–Crippen LogP) is 2.74. The summed E-state index contributed by atoms with van der Waals surface area (Å²) in [7, 11) is -3.74. The van der Waals surface area contributed by atoms with E-state index in [-0.39, 0.29) is 9.09 Å². The molecule has 0 aliphatic heterocycles. The van der Waals surface area contributed by atoms with Gasteiger partial charge in [-0.3, -0.25) is 4.72 Å². The molecule has 0 bridgehead atoms. The molecule has 1 heterocycles. The van der Waals surface area contributed by atoms with Crippen LogP contribution in [0, 0.1) is 0 Å². The number of aromatic carboxylic acids is 1. The molecule has 0 spiro atoms. The molecule has 1 aromatic heterocycles. The monoisotopic (exact) mass is 323 g/mol. The molecule has 1 aliphatic rings. The van der Waals surface area contributed by atoms with Gasteiger partial charge >= 0.3 is 5.97 Å². The molecule has 21 heavy (non-hydrogen) atoms. The number of hydrogen-bond donors (Lipinski definition) is 2. The van der Waals surface area contributed by atoms with Gasteiger partial charge in [0.25, 0.3) is 10.0 Å². The van der Waals surface area contributed by atoms with Gasteiger partial charge in [0.2, 0.25) is 0 Å². The van der Waals surface area contributed by atoms with Crippen molar-refractivity contribution < 1.29 is 18.3 Å². The van der Waals surface area contributed by atoms with Gasteiger partial charge in [0.05, 0.1) is 0 Å². The van der Waals surface area contributed by atoms with Crippen molar-refractivity contribution in [2.75, 3.05) is 4.72 Å². The van der Waals surface area contributed by atoms with Crippen LogP contribution in [0.2, 0.25) is 0 Å². The molecule has 7 heteroatoms. The summed E-state index contributed by atoms with van der Waals surface area (Å²) in [6, 6.07) is 8.14. The SMILES string of the molecule is O=C(O)c1ccc(S(=O)(=O)Nc2ccc3c(c2)CCC3)s1. The van der Waals surface area contributed by atoms with Gasteiger partial charge in [-0.05, 0) is 54.7 Å². The third kappa shape index (κ3) is 2.79. The maximum atomic E-state index is 12.2. The van der Waals surface area contributed by atoms with Crippen molar-refractivity contribution in [3.05, 3.63) is 46.3 Å². The van der Waals surface area contributed by atoms with Crippen LogP contribution in [-0.4, -0.2) is 19.5 Å². The fourth-order valence-electron chi connectivity index (χ4n) is 2.42. The van der Waals surface area contributed by atoms with Crippen LogP contribution in [0.15, 0.2) is 34.5 Å². The number of carboxylic acids is 1. The molecule has 1 aliphatic carbocycles. The summed E-state index contributed by atoms with van der Waals surface area (Å²) >= 11 is 0.743. The van der Waals surface area contributed by atoms with Crippen LogP contribution >= 0.6 is 11.3 Å². The summed E-state index contributed by atoms with van der Waals surface area (Å²) in [5, 5.41) is 8.85. The minimum atomic E-state index is -3.74. The fourth-order valence-corrected chi connectivity index (χ4v) is 4.61. The number of hydrogen-bond acceptors (Lipinski definition) is 4. The van der Waals surface area contributed by atoms with E-state index in [0.717, 1.165) is 30.6 Å². The van der Waals surface area contributed by atoms with Crippen LogP contribution in [-0.2, 0) is 22.9 Å². The summed E-state index contributed by atoms with van der Waals surface area (Å²) in [5.74, 6) is -1.13. The van der Waals surface area contributed by atoms with E-state index in [2.05, 4.69) is 4.72 Å². The first-order chi connectivity index (χ1) is 9.95. The van der Waals surface area contributed by atoms with Crippen molar-refractivity contribution in [1.29, 1.82) is 0 Å². The van der Waals surface area contributed by atoms with Crippen molar-refractivity contribution in [1.82, 2.24) is 0 Å². The van der Waals surface area contributed by atoms with Crippen molar-refractivity contribution in [3.8, 4) is 0 Å². The van der Waals surface area contributed by atoms with Crippen molar-refractivity contribution >= 4 is 33.0 Å². The van der Waals surface area contributed by atoms with Gasteiger partial charge in [-0.25, -0.2) is 13.2 Å². The largest absolute Gasteiger partial charge is 0.477 e. The molecule has 0 unspecified atom stereocenters. The minimum Gasteiger partial charge on any atom is -0.477 e. The summed E-state index contributed by atoms with van der Waals surface area (Å²) in [5.41, 5.74) is 2.95. The Morgan fingerprint density at radius 2 is 1.90 bits per heavy atom. The third-order valence-corrected chi connectivity index (χ3v) is 6.35. The number of carbonyl (C=O) groups is 1. The lowest BCUT2D eigenvalue weighted by Gasteiger charge is -2.08. The predicted molar refractivity (Wildman–Crippen MR) is 80.6 cm³/mol. The Kier molecular flexibility index (Phi) is 3.46. The number of thiophene rings is 1. The van der Waals surface area contributed by atoms with Gasteiger partial charge in [-0.1, -0.05) is 6.07 Å². The molecule has 0 radical (unpaired) electrons. The Morgan fingerprint density at radius 1 is 1.14 bits per heavy atom. The van der Waals surface area contributed by atoms with Gasteiger partial charge in [0.1, 0.15) is 9.09 Å². The number of anilines is 1. The van der Waals surface area contributed by atoms with Crippen molar-refractivity contribution in [3.63, 3.8) is 0 Å². The normalized spacial score (nSPS) is 13.9. The van der Waals surface area contributed by atoms with Crippen LogP contribution in [0.5, 0.6) is 0 Å². The molecule has 0 saturated carbocycles. The lowest BCUT2D eigenvalue weighted by Crippen LogP contribution is -2.11. The van der Waals surface area contributed by atoms with E-state index in [1.54, 1.807) is 6.07 Å². The highest BCUT2D eigenvalue weighted by Crippen LogP contribution is 2.28. The molecule has 110 valence electrons. The zero-order valence-corrected chi connectivity index (χ0v) is 12.6. The van der Waals surface area contributed by atoms with Crippen molar-refractivity contribution in [2.45, 2.75) is 23.5 Å². The first-order valence-corrected chi connectivity index (χ1v) is 8.73. The molecular weight excluding hydrogens is 310 g/mol. The number of fused-ring (bicyclic) bond motifs is 1. The van der Waals surface area contributed by atoms with Crippen LogP contribution in [0.25, 0.3) is 0 Å². The van der Waals surface area contributed by atoms with Gasteiger partial charge in [0, 0.05) is 5.69 Å². The molecule has 0 fully saturated rings. The molecule has 0 saturated heterocycles. The Balaban J connectivity index is 1.87. The van der Waals surface area contributed by atoms with Gasteiger partial charge in [-0.2, -0.15) is 0 Å². The zero-order valence-electron chi connectivity index (χ0n) is 11.0.